The first-order valence-electron chi connectivity index (χ1n) is 10.9. The topological polar surface area (TPSA) is 72.2 Å². The highest BCUT2D eigenvalue weighted by Crippen LogP contribution is 2.26. The van der Waals surface area contributed by atoms with Crippen molar-refractivity contribution in [2.24, 2.45) is 0 Å². The van der Waals surface area contributed by atoms with Gasteiger partial charge >= 0.3 is 0 Å². The van der Waals surface area contributed by atoms with Crippen molar-refractivity contribution in [2.75, 3.05) is 27.3 Å². The molecule has 0 aliphatic carbocycles. The molecule has 3 aromatic rings. The van der Waals surface area contributed by atoms with Crippen molar-refractivity contribution >= 4 is 11.8 Å². The van der Waals surface area contributed by atoms with E-state index >= 15 is 0 Å². The maximum absolute atomic E-state index is 13.4. The summed E-state index contributed by atoms with van der Waals surface area (Å²) in [5.74, 6) is 1.86. The van der Waals surface area contributed by atoms with E-state index in [1.54, 1.807) is 36.3 Å². The van der Waals surface area contributed by atoms with Gasteiger partial charge < -0.3 is 23.7 Å². The first-order chi connectivity index (χ1) is 16.4. The number of hydrogen-bond acceptors (Lipinski definition) is 5. The molecule has 7 nitrogen and oxygen atoms in total. The molecule has 2 amide bonds. The summed E-state index contributed by atoms with van der Waals surface area (Å²) in [6.45, 7) is 6.39. The van der Waals surface area contributed by atoms with Crippen molar-refractivity contribution in [3.05, 3.63) is 96.0 Å². The van der Waals surface area contributed by atoms with Gasteiger partial charge in [0.1, 0.15) is 29.6 Å². The molecule has 0 aliphatic rings. The summed E-state index contributed by atoms with van der Waals surface area (Å²) in [5, 5.41) is 0. The number of carbonyl (C=O) groups is 2. The zero-order valence-corrected chi connectivity index (χ0v) is 19.8. The minimum absolute atomic E-state index is 0.118. The van der Waals surface area contributed by atoms with Crippen LogP contribution in [0, 0.1) is 6.92 Å². The number of furan rings is 1. The van der Waals surface area contributed by atoms with E-state index in [-0.39, 0.29) is 24.9 Å². The van der Waals surface area contributed by atoms with Crippen molar-refractivity contribution in [3.8, 4) is 11.5 Å². The van der Waals surface area contributed by atoms with Crippen LogP contribution in [-0.2, 0) is 17.9 Å². The molecule has 0 saturated carbocycles. The predicted molar refractivity (Wildman–Crippen MR) is 130 cm³/mol. The number of methoxy groups -OCH3 is 2. The normalized spacial score (nSPS) is 10.4. The molecule has 34 heavy (non-hydrogen) atoms. The Morgan fingerprint density at radius 1 is 0.971 bits per heavy atom. The average Bonchev–Trinajstić information content (AvgIpc) is 3.27. The van der Waals surface area contributed by atoms with Gasteiger partial charge in [-0.05, 0) is 36.8 Å². The van der Waals surface area contributed by atoms with Gasteiger partial charge in [0, 0.05) is 19.2 Å². The van der Waals surface area contributed by atoms with Crippen LogP contribution in [0.2, 0.25) is 0 Å². The second-order valence-corrected chi connectivity index (χ2v) is 7.79. The second-order valence-electron chi connectivity index (χ2n) is 7.79. The predicted octanol–water partition coefficient (Wildman–Crippen LogP) is 4.46. The van der Waals surface area contributed by atoms with Crippen LogP contribution >= 0.6 is 0 Å². The Kier molecular flexibility index (Phi) is 8.51. The lowest BCUT2D eigenvalue weighted by atomic mass is 10.1. The van der Waals surface area contributed by atoms with Crippen LogP contribution in [0.15, 0.2) is 77.7 Å². The molecule has 7 heteroatoms. The monoisotopic (exact) mass is 462 g/mol. The smallest absolute Gasteiger partial charge is 0.258 e. The third-order valence-electron chi connectivity index (χ3n) is 5.31. The molecular weight excluding hydrogens is 432 g/mol. The molecule has 1 heterocycles. The zero-order valence-electron chi connectivity index (χ0n) is 19.8. The van der Waals surface area contributed by atoms with E-state index in [4.69, 9.17) is 13.9 Å². The van der Waals surface area contributed by atoms with E-state index in [9.17, 15) is 9.59 Å². The highest BCUT2D eigenvalue weighted by molar-refractivity contribution is 5.99. The molecule has 178 valence electrons. The van der Waals surface area contributed by atoms with Gasteiger partial charge in [0.15, 0.2) is 0 Å². The Morgan fingerprint density at radius 2 is 1.74 bits per heavy atom. The van der Waals surface area contributed by atoms with Crippen molar-refractivity contribution in [1.29, 1.82) is 0 Å². The Bertz CT molecular complexity index is 1120. The molecule has 0 saturated heterocycles. The molecule has 0 fully saturated rings. The molecule has 0 radical (unpaired) electrons. The fraction of sp³-hybridized carbons (Fsp3) is 0.259. The van der Waals surface area contributed by atoms with E-state index in [0.717, 1.165) is 11.3 Å². The summed E-state index contributed by atoms with van der Waals surface area (Å²) in [7, 11) is 3.03. The number of hydrogen-bond donors (Lipinski definition) is 0. The van der Waals surface area contributed by atoms with E-state index in [1.165, 1.54) is 12.0 Å². The van der Waals surface area contributed by atoms with Gasteiger partial charge in [0.05, 0.1) is 26.3 Å². The fourth-order valence-electron chi connectivity index (χ4n) is 3.58. The number of carbonyl (C=O) groups excluding carboxylic acids is 2. The standard InChI is InChI=1S/C27H30N2O5/c1-5-15-28(27(31)24-14-13-22(32-3)16-25(24)33-4)19-26(30)29(17-21-9-7-6-8-10-21)18-23-12-11-20(2)34-23/h5-14,16H,1,15,17-19H2,2-4H3. The number of benzene rings is 2. The Morgan fingerprint density at radius 3 is 2.35 bits per heavy atom. The minimum atomic E-state index is -0.332. The van der Waals surface area contributed by atoms with Crippen molar-refractivity contribution in [3.63, 3.8) is 0 Å². The van der Waals surface area contributed by atoms with E-state index in [1.807, 2.05) is 49.4 Å². The van der Waals surface area contributed by atoms with Crippen molar-refractivity contribution < 1.29 is 23.5 Å². The van der Waals surface area contributed by atoms with Crippen LogP contribution < -0.4 is 9.47 Å². The van der Waals surface area contributed by atoms with Crippen LogP contribution in [0.4, 0.5) is 0 Å². The Balaban J connectivity index is 1.84. The van der Waals surface area contributed by atoms with E-state index in [0.29, 0.717) is 35.9 Å². The fourth-order valence-corrected chi connectivity index (χ4v) is 3.58. The van der Waals surface area contributed by atoms with Crippen LogP contribution in [0.5, 0.6) is 11.5 Å². The first kappa shape index (κ1) is 24.6. The van der Waals surface area contributed by atoms with Crippen LogP contribution in [0.1, 0.15) is 27.4 Å². The van der Waals surface area contributed by atoms with Gasteiger partial charge in [0.25, 0.3) is 5.91 Å². The molecule has 0 unspecified atom stereocenters. The molecule has 3 rings (SSSR count). The molecule has 0 spiro atoms. The molecule has 2 aromatic carbocycles. The van der Waals surface area contributed by atoms with E-state index in [2.05, 4.69) is 6.58 Å². The lowest BCUT2D eigenvalue weighted by Crippen LogP contribution is -2.42. The summed E-state index contributed by atoms with van der Waals surface area (Å²) in [5.41, 5.74) is 1.33. The number of aryl methyl sites for hydroxylation is 1. The van der Waals surface area contributed by atoms with Gasteiger partial charge in [-0.2, -0.15) is 0 Å². The number of nitrogens with zero attached hydrogens (tertiary/aromatic N) is 2. The van der Waals surface area contributed by atoms with Crippen LogP contribution in [0.3, 0.4) is 0 Å². The van der Waals surface area contributed by atoms with Gasteiger partial charge in [0.2, 0.25) is 5.91 Å². The molecular formula is C27H30N2O5. The molecule has 0 N–H and O–H groups in total. The molecule has 0 aliphatic heterocycles. The summed E-state index contributed by atoms with van der Waals surface area (Å²) < 4.78 is 16.3. The second kappa shape index (κ2) is 11.7. The van der Waals surface area contributed by atoms with Crippen LogP contribution in [0.25, 0.3) is 0 Å². The average molecular weight is 463 g/mol. The Hall–Kier alpha value is -4.00. The first-order valence-corrected chi connectivity index (χ1v) is 10.9. The molecule has 0 bridgehead atoms. The molecule has 1 aromatic heterocycles. The van der Waals surface area contributed by atoms with Crippen molar-refractivity contribution in [2.45, 2.75) is 20.0 Å². The number of rotatable bonds is 11. The summed E-state index contributed by atoms with van der Waals surface area (Å²) >= 11 is 0. The zero-order chi connectivity index (χ0) is 24.5. The van der Waals surface area contributed by atoms with Crippen molar-refractivity contribution in [1.82, 2.24) is 9.80 Å². The highest BCUT2D eigenvalue weighted by atomic mass is 16.5. The summed E-state index contributed by atoms with van der Waals surface area (Å²) in [4.78, 5) is 29.9. The third kappa shape index (κ3) is 6.28. The number of ether oxygens (including phenoxy) is 2. The lowest BCUT2D eigenvalue weighted by Gasteiger charge is -2.27. The van der Waals surface area contributed by atoms with Gasteiger partial charge in [-0.15, -0.1) is 6.58 Å². The van der Waals surface area contributed by atoms with Gasteiger partial charge in [-0.3, -0.25) is 9.59 Å². The quantitative estimate of drug-likeness (QED) is 0.394. The minimum Gasteiger partial charge on any atom is -0.497 e. The maximum atomic E-state index is 13.4. The Labute approximate surface area is 200 Å². The SMILES string of the molecule is C=CCN(CC(=O)N(Cc1ccccc1)Cc1ccc(C)o1)C(=O)c1ccc(OC)cc1OC. The molecule has 0 atom stereocenters. The highest BCUT2D eigenvalue weighted by Gasteiger charge is 2.25. The summed E-state index contributed by atoms with van der Waals surface area (Å²) in [6.07, 6.45) is 1.60. The van der Waals surface area contributed by atoms with E-state index < -0.39 is 0 Å². The summed E-state index contributed by atoms with van der Waals surface area (Å²) in [6, 6.07) is 18.4. The van der Waals surface area contributed by atoms with Crippen LogP contribution in [-0.4, -0.2) is 48.9 Å². The van der Waals surface area contributed by atoms with Gasteiger partial charge in [-0.1, -0.05) is 36.4 Å². The third-order valence-corrected chi connectivity index (χ3v) is 5.31. The lowest BCUT2D eigenvalue weighted by molar-refractivity contribution is -0.133. The maximum Gasteiger partial charge on any atom is 0.258 e. The van der Waals surface area contributed by atoms with Gasteiger partial charge in [-0.25, -0.2) is 0 Å². The number of amides is 2. The largest absolute Gasteiger partial charge is 0.497 e.